The van der Waals surface area contributed by atoms with Gasteiger partial charge in [-0.2, -0.15) is 0 Å². The molecule has 2 fully saturated rings. The monoisotopic (exact) mass is 254 g/mol. The van der Waals surface area contributed by atoms with Gasteiger partial charge in [-0.15, -0.1) is 0 Å². The number of hydrogen-bond donors (Lipinski definition) is 2. The largest absolute Gasteiger partial charge is 0.350 e. The number of likely N-dealkylation sites (tertiary alicyclic amines) is 1. The molecule has 0 bridgehead atoms. The second kappa shape index (κ2) is 5.55. The van der Waals surface area contributed by atoms with Crippen molar-refractivity contribution in [1.29, 1.82) is 0 Å². The molecular formula is C13H26N4O. The molecule has 18 heavy (non-hydrogen) atoms. The molecule has 0 radical (unpaired) electrons. The van der Waals surface area contributed by atoms with Crippen molar-refractivity contribution in [2.24, 2.45) is 0 Å². The summed E-state index contributed by atoms with van der Waals surface area (Å²) in [5.74, 6) is 0.171. The van der Waals surface area contributed by atoms with E-state index in [2.05, 4.69) is 27.5 Å². The second-order valence-electron chi connectivity index (χ2n) is 6.02. The molecule has 0 aliphatic carbocycles. The Hall–Kier alpha value is -0.650. The van der Waals surface area contributed by atoms with Gasteiger partial charge in [0.25, 0.3) is 0 Å². The van der Waals surface area contributed by atoms with Crippen molar-refractivity contribution in [2.45, 2.75) is 31.8 Å². The third-order valence-corrected chi connectivity index (χ3v) is 4.19. The number of likely N-dealkylation sites (N-methyl/N-ethyl adjacent to an activating group) is 1. The molecule has 5 nitrogen and oxygen atoms in total. The van der Waals surface area contributed by atoms with Gasteiger partial charge in [0.2, 0.25) is 5.91 Å². The maximum Gasteiger partial charge on any atom is 0.240 e. The molecule has 2 aliphatic rings. The first-order valence-corrected chi connectivity index (χ1v) is 6.95. The molecule has 2 N–H and O–H groups in total. The molecule has 2 heterocycles. The number of carbonyl (C=O) groups excluding carboxylic acids is 1. The molecule has 0 spiro atoms. The lowest BCUT2D eigenvalue weighted by Gasteiger charge is -2.40. The van der Waals surface area contributed by atoms with Crippen LogP contribution < -0.4 is 10.6 Å². The Balaban J connectivity index is 1.89. The Labute approximate surface area is 110 Å². The van der Waals surface area contributed by atoms with Crippen molar-refractivity contribution >= 4 is 5.91 Å². The van der Waals surface area contributed by atoms with Gasteiger partial charge in [-0.3, -0.25) is 9.69 Å². The number of carbonyl (C=O) groups is 1. The van der Waals surface area contributed by atoms with Gasteiger partial charge < -0.3 is 15.5 Å². The predicted octanol–water partition coefficient (Wildman–Crippen LogP) is -0.509. The summed E-state index contributed by atoms with van der Waals surface area (Å²) in [6.07, 6.45) is 1.07. The Morgan fingerprint density at radius 2 is 1.94 bits per heavy atom. The minimum Gasteiger partial charge on any atom is -0.350 e. The predicted molar refractivity (Wildman–Crippen MR) is 72.6 cm³/mol. The van der Waals surface area contributed by atoms with E-state index in [-0.39, 0.29) is 5.91 Å². The highest BCUT2D eigenvalue weighted by Crippen LogP contribution is 2.16. The summed E-state index contributed by atoms with van der Waals surface area (Å²) >= 11 is 0. The quantitative estimate of drug-likeness (QED) is 0.712. The summed E-state index contributed by atoms with van der Waals surface area (Å²) in [7, 11) is 2.10. The van der Waals surface area contributed by atoms with Crippen molar-refractivity contribution < 1.29 is 4.79 Å². The summed E-state index contributed by atoms with van der Waals surface area (Å²) in [5.41, 5.74) is -0.400. The second-order valence-corrected chi connectivity index (χ2v) is 6.02. The number of amides is 1. The number of nitrogens with zero attached hydrogens (tertiary/aromatic N) is 2. The molecule has 1 atom stereocenters. The van der Waals surface area contributed by atoms with Crippen molar-refractivity contribution in [1.82, 2.24) is 20.4 Å². The molecule has 1 amide bonds. The number of rotatable bonds is 3. The average molecular weight is 254 g/mol. The first kappa shape index (κ1) is 13.8. The van der Waals surface area contributed by atoms with Gasteiger partial charge in [-0.05, 0) is 33.9 Å². The lowest BCUT2D eigenvalue weighted by atomic mass is 10.00. The highest BCUT2D eigenvalue weighted by atomic mass is 16.2. The molecule has 2 rings (SSSR count). The van der Waals surface area contributed by atoms with E-state index in [1.807, 2.05) is 13.8 Å². The first-order valence-electron chi connectivity index (χ1n) is 6.95. The van der Waals surface area contributed by atoms with Crippen LogP contribution in [0.1, 0.15) is 20.3 Å². The maximum atomic E-state index is 12.4. The van der Waals surface area contributed by atoms with Crippen LogP contribution in [0.15, 0.2) is 0 Å². The summed E-state index contributed by atoms with van der Waals surface area (Å²) in [6, 6.07) is 0.324. The third kappa shape index (κ3) is 3.02. The van der Waals surface area contributed by atoms with Gasteiger partial charge in [0.1, 0.15) is 0 Å². The van der Waals surface area contributed by atoms with Crippen LogP contribution in [0.5, 0.6) is 0 Å². The third-order valence-electron chi connectivity index (χ3n) is 4.19. The van der Waals surface area contributed by atoms with Crippen LogP contribution in [-0.2, 0) is 4.79 Å². The van der Waals surface area contributed by atoms with E-state index in [9.17, 15) is 4.79 Å². The number of piperazine rings is 1. The van der Waals surface area contributed by atoms with Gasteiger partial charge in [0.15, 0.2) is 0 Å². The minimum absolute atomic E-state index is 0.171. The van der Waals surface area contributed by atoms with Crippen molar-refractivity contribution in [3.63, 3.8) is 0 Å². The fourth-order valence-electron chi connectivity index (χ4n) is 2.78. The molecule has 1 unspecified atom stereocenters. The van der Waals surface area contributed by atoms with Crippen LogP contribution >= 0.6 is 0 Å². The maximum absolute atomic E-state index is 12.4. The van der Waals surface area contributed by atoms with Crippen LogP contribution in [0.4, 0.5) is 0 Å². The molecule has 2 saturated heterocycles. The van der Waals surface area contributed by atoms with Crippen molar-refractivity contribution in [3.05, 3.63) is 0 Å². The van der Waals surface area contributed by atoms with Gasteiger partial charge in [0.05, 0.1) is 5.54 Å². The highest BCUT2D eigenvalue weighted by Gasteiger charge is 2.36. The Morgan fingerprint density at radius 1 is 1.28 bits per heavy atom. The van der Waals surface area contributed by atoms with Crippen LogP contribution in [0.2, 0.25) is 0 Å². The smallest absolute Gasteiger partial charge is 0.240 e. The molecule has 0 saturated carbocycles. The topological polar surface area (TPSA) is 47.6 Å². The molecule has 0 aromatic heterocycles. The van der Waals surface area contributed by atoms with Crippen LogP contribution in [0.25, 0.3) is 0 Å². The van der Waals surface area contributed by atoms with Gasteiger partial charge in [0, 0.05) is 38.8 Å². The van der Waals surface area contributed by atoms with E-state index in [1.165, 1.54) is 0 Å². The zero-order valence-electron chi connectivity index (χ0n) is 11.8. The van der Waals surface area contributed by atoms with Crippen LogP contribution in [0, 0.1) is 0 Å². The summed E-state index contributed by atoms with van der Waals surface area (Å²) in [4.78, 5) is 17.0. The van der Waals surface area contributed by atoms with Gasteiger partial charge >= 0.3 is 0 Å². The minimum atomic E-state index is -0.400. The summed E-state index contributed by atoms with van der Waals surface area (Å²) < 4.78 is 0. The zero-order valence-corrected chi connectivity index (χ0v) is 11.8. The SMILES string of the molecule is CN1CCC(NC(=O)C(C)(C)N2CCNCC2)C1. The zero-order chi connectivity index (χ0) is 13.2. The van der Waals surface area contributed by atoms with E-state index in [4.69, 9.17) is 0 Å². The van der Waals surface area contributed by atoms with E-state index < -0.39 is 5.54 Å². The average Bonchev–Trinajstić information content (AvgIpc) is 2.76. The number of hydrogen-bond acceptors (Lipinski definition) is 4. The molecule has 5 heteroatoms. The van der Waals surface area contributed by atoms with Crippen LogP contribution in [-0.4, -0.2) is 73.6 Å². The molecule has 0 aromatic carbocycles. The molecule has 0 aromatic rings. The van der Waals surface area contributed by atoms with Crippen molar-refractivity contribution in [3.8, 4) is 0 Å². The molecule has 104 valence electrons. The highest BCUT2D eigenvalue weighted by molar-refractivity contribution is 5.85. The van der Waals surface area contributed by atoms with Crippen LogP contribution in [0.3, 0.4) is 0 Å². The molecule has 2 aliphatic heterocycles. The Bertz CT molecular complexity index is 299. The van der Waals surface area contributed by atoms with E-state index in [0.29, 0.717) is 6.04 Å². The van der Waals surface area contributed by atoms with E-state index >= 15 is 0 Å². The standard InChI is InChI=1S/C13H26N4O/c1-13(2,17-8-5-14-6-9-17)12(18)15-11-4-7-16(3)10-11/h11,14H,4-10H2,1-3H3,(H,15,18). The lowest BCUT2D eigenvalue weighted by Crippen LogP contribution is -2.61. The fourth-order valence-corrected chi connectivity index (χ4v) is 2.78. The first-order chi connectivity index (χ1) is 8.50. The molecular weight excluding hydrogens is 228 g/mol. The lowest BCUT2D eigenvalue weighted by molar-refractivity contribution is -0.132. The summed E-state index contributed by atoms with van der Waals surface area (Å²) in [5, 5.41) is 6.53. The van der Waals surface area contributed by atoms with E-state index in [1.54, 1.807) is 0 Å². The normalized spacial score (nSPS) is 27.4. The fraction of sp³-hybridized carbons (Fsp3) is 0.923. The van der Waals surface area contributed by atoms with Gasteiger partial charge in [-0.25, -0.2) is 0 Å². The number of nitrogens with one attached hydrogen (secondary N) is 2. The van der Waals surface area contributed by atoms with Gasteiger partial charge in [-0.1, -0.05) is 0 Å². The Kier molecular flexibility index (Phi) is 4.25. The Morgan fingerprint density at radius 3 is 2.50 bits per heavy atom. The van der Waals surface area contributed by atoms with Crippen molar-refractivity contribution in [2.75, 3.05) is 46.3 Å². The summed E-state index contributed by atoms with van der Waals surface area (Å²) in [6.45, 7) is 9.97. The van der Waals surface area contributed by atoms with E-state index in [0.717, 1.165) is 45.7 Å².